The molecule has 5 heteroatoms. The molecule has 3 nitrogen and oxygen atoms in total. The number of carbonyl (C=O) groups is 1. The molecule has 1 amide bonds. The van der Waals surface area contributed by atoms with Crippen molar-refractivity contribution in [2.24, 2.45) is 0 Å². The second-order valence-corrected chi connectivity index (χ2v) is 7.08. The summed E-state index contributed by atoms with van der Waals surface area (Å²) in [5, 5.41) is 8.60. The zero-order valence-corrected chi connectivity index (χ0v) is 15.2. The average molecular weight is 356 g/mol. The minimum atomic E-state index is -0.349. The van der Waals surface area contributed by atoms with Crippen LogP contribution in [0.5, 0.6) is 0 Å². The highest BCUT2D eigenvalue weighted by molar-refractivity contribution is 7.99. The molecule has 0 aliphatic carbocycles. The molecule has 0 aromatic heterocycles. The average Bonchev–Trinajstić information content (AvgIpc) is 2.62. The number of carbonyl (C=O) groups excluding carboxylic acids is 1. The second-order valence-electron chi connectivity index (χ2n) is 5.75. The fourth-order valence-corrected chi connectivity index (χ4v) is 3.45. The maximum absolute atomic E-state index is 13.1. The van der Waals surface area contributed by atoms with Crippen molar-refractivity contribution >= 4 is 23.4 Å². The van der Waals surface area contributed by atoms with Crippen molar-refractivity contribution in [3.8, 4) is 6.07 Å². The SMILES string of the molecule is Cc1ccccc1CSC(C)C(=O)N(CCC#N)c1ccc(F)cc1. The monoisotopic (exact) mass is 356 g/mol. The summed E-state index contributed by atoms with van der Waals surface area (Å²) in [4.78, 5) is 14.4. The molecule has 2 aromatic rings. The van der Waals surface area contributed by atoms with E-state index >= 15 is 0 Å². The first-order valence-electron chi connectivity index (χ1n) is 8.13. The van der Waals surface area contributed by atoms with Gasteiger partial charge in [0.15, 0.2) is 0 Å². The summed E-state index contributed by atoms with van der Waals surface area (Å²) in [5.74, 6) is 0.327. The lowest BCUT2D eigenvalue weighted by Crippen LogP contribution is -2.37. The van der Waals surface area contributed by atoms with Gasteiger partial charge in [-0.3, -0.25) is 4.79 Å². The van der Waals surface area contributed by atoms with Gasteiger partial charge in [0.05, 0.1) is 17.7 Å². The van der Waals surface area contributed by atoms with Crippen LogP contribution >= 0.6 is 11.8 Å². The van der Waals surface area contributed by atoms with E-state index < -0.39 is 0 Å². The second kappa shape index (κ2) is 9.24. The quantitative estimate of drug-likeness (QED) is 0.722. The van der Waals surface area contributed by atoms with Gasteiger partial charge in [0.1, 0.15) is 5.82 Å². The highest BCUT2D eigenvalue weighted by atomic mass is 32.2. The van der Waals surface area contributed by atoms with Crippen LogP contribution in [0, 0.1) is 24.1 Å². The molecule has 0 spiro atoms. The first kappa shape index (κ1) is 19.0. The van der Waals surface area contributed by atoms with Gasteiger partial charge in [0.2, 0.25) is 5.91 Å². The van der Waals surface area contributed by atoms with Gasteiger partial charge in [-0.2, -0.15) is 5.26 Å². The van der Waals surface area contributed by atoms with Crippen LogP contribution in [0.25, 0.3) is 0 Å². The number of nitrogens with zero attached hydrogens (tertiary/aromatic N) is 2. The lowest BCUT2D eigenvalue weighted by atomic mass is 10.1. The lowest BCUT2D eigenvalue weighted by Gasteiger charge is -2.25. The van der Waals surface area contributed by atoms with Crippen molar-refractivity contribution in [3.05, 3.63) is 65.5 Å². The van der Waals surface area contributed by atoms with Gasteiger partial charge >= 0.3 is 0 Å². The summed E-state index contributed by atoms with van der Waals surface area (Å²) in [6.45, 7) is 4.23. The summed E-state index contributed by atoms with van der Waals surface area (Å²) in [6, 6.07) is 16.0. The Balaban J connectivity index is 2.08. The lowest BCUT2D eigenvalue weighted by molar-refractivity contribution is -0.117. The molecule has 25 heavy (non-hydrogen) atoms. The van der Waals surface area contributed by atoms with Gasteiger partial charge < -0.3 is 4.90 Å². The van der Waals surface area contributed by atoms with Gasteiger partial charge in [0.25, 0.3) is 0 Å². The maximum atomic E-state index is 13.1. The molecule has 1 unspecified atom stereocenters. The van der Waals surface area contributed by atoms with Gasteiger partial charge in [-0.25, -0.2) is 4.39 Å². The topological polar surface area (TPSA) is 44.1 Å². The number of nitriles is 1. The highest BCUT2D eigenvalue weighted by Gasteiger charge is 2.22. The van der Waals surface area contributed by atoms with Crippen molar-refractivity contribution in [2.75, 3.05) is 11.4 Å². The molecule has 0 aliphatic rings. The molecule has 0 N–H and O–H groups in total. The van der Waals surface area contributed by atoms with E-state index in [1.807, 2.05) is 19.1 Å². The summed E-state index contributed by atoms with van der Waals surface area (Å²) in [5.41, 5.74) is 3.03. The van der Waals surface area contributed by atoms with Crippen molar-refractivity contribution in [1.82, 2.24) is 0 Å². The van der Waals surface area contributed by atoms with Gasteiger partial charge in [-0.05, 0) is 49.2 Å². The standard InChI is InChI=1S/C20H21FN2OS/c1-15-6-3-4-7-17(15)14-25-16(2)20(24)23(13-5-12-22)19-10-8-18(21)9-11-19/h3-4,6-11,16H,5,13-14H2,1-2H3. The zero-order valence-electron chi connectivity index (χ0n) is 14.4. The molecule has 2 aromatic carbocycles. The molecule has 0 aliphatic heterocycles. The molecule has 2 rings (SSSR count). The van der Waals surface area contributed by atoms with Gasteiger partial charge in [-0.15, -0.1) is 11.8 Å². The number of rotatable bonds is 7. The smallest absolute Gasteiger partial charge is 0.239 e. The molecule has 0 bridgehead atoms. The third-order valence-electron chi connectivity index (χ3n) is 3.95. The third kappa shape index (κ3) is 5.33. The zero-order chi connectivity index (χ0) is 18.2. The van der Waals surface area contributed by atoms with E-state index in [0.29, 0.717) is 12.2 Å². The van der Waals surface area contributed by atoms with Crippen LogP contribution in [0.2, 0.25) is 0 Å². The first-order chi connectivity index (χ1) is 12.0. The molecule has 1 atom stereocenters. The number of hydrogen-bond acceptors (Lipinski definition) is 3. The number of aryl methyl sites for hydroxylation is 1. The Morgan fingerprint density at radius 1 is 1.24 bits per heavy atom. The van der Waals surface area contributed by atoms with Crippen LogP contribution in [-0.2, 0) is 10.5 Å². The van der Waals surface area contributed by atoms with Crippen molar-refractivity contribution in [2.45, 2.75) is 31.3 Å². The summed E-state index contributed by atoms with van der Waals surface area (Å²) < 4.78 is 13.1. The Bertz CT molecular complexity index is 755. The fraction of sp³-hybridized carbons (Fsp3) is 0.300. The Morgan fingerprint density at radius 3 is 2.56 bits per heavy atom. The number of benzene rings is 2. The maximum Gasteiger partial charge on any atom is 0.239 e. The Morgan fingerprint density at radius 2 is 1.92 bits per heavy atom. The van der Waals surface area contributed by atoms with Crippen molar-refractivity contribution < 1.29 is 9.18 Å². The third-order valence-corrected chi connectivity index (χ3v) is 5.13. The summed E-state index contributed by atoms with van der Waals surface area (Å²) >= 11 is 1.56. The minimum Gasteiger partial charge on any atom is -0.310 e. The predicted molar refractivity (Wildman–Crippen MR) is 101 cm³/mol. The summed E-state index contributed by atoms with van der Waals surface area (Å²) in [7, 11) is 0. The van der Waals surface area contributed by atoms with E-state index in [-0.39, 0.29) is 23.4 Å². The summed E-state index contributed by atoms with van der Waals surface area (Å²) in [6.07, 6.45) is 0.234. The van der Waals surface area contributed by atoms with Crippen molar-refractivity contribution in [1.29, 1.82) is 5.26 Å². The van der Waals surface area contributed by atoms with Crippen LogP contribution in [-0.4, -0.2) is 17.7 Å². The molecule has 0 fully saturated rings. The number of anilines is 1. The van der Waals surface area contributed by atoms with Crippen LogP contribution in [0.3, 0.4) is 0 Å². The van der Waals surface area contributed by atoms with Crippen LogP contribution in [0.1, 0.15) is 24.5 Å². The van der Waals surface area contributed by atoms with Crippen LogP contribution < -0.4 is 4.90 Å². The minimum absolute atomic E-state index is 0.0690. The van der Waals surface area contributed by atoms with E-state index in [2.05, 4.69) is 25.1 Å². The number of halogens is 1. The molecule has 0 saturated heterocycles. The fourth-order valence-electron chi connectivity index (χ4n) is 2.43. The molecule has 0 radical (unpaired) electrons. The van der Waals surface area contributed by atoms with Crippen LogP contribution in [0.4, 0.5) is 10.1 Å². The molecule has 0 heterocycles. The van der Waals surface area contributed by atoms with E-state index in [4.69, 9.17) is 5.26 Å². The van der Waals surface area contributed by atoms with E-state index in [1.54, 1.807) is 28.8 Å². The normalized spacial score (nSPS) is 11.6. The van der Waals surface area contributed by atoms with Crippen molar-refractivity contribution in [3.63, 3.8) is 0 Å². The largest absolute Gasteiger partial charge is 0.310 e. The van der Waals surface area contributed by atoms with E-state index in [1.165, 1.54) is 23.3 Å². The van der Waals surface area contributed by atoms with Gasteiger partial charge in [0, 0.05) is 18.0 Å². The Labute approximate surface area is 152 Å². The molecular formula is C20H21FN2OS. The number of thioether (sulfide) groups is 1. The Hall–Kier alpha value is -2.32. The van der Waals surface area contributed by atoms with E-state index in [0.717, 1.165) is 5.75 Å². The molecular weight excluding hydrogens is 335 g/mol. The highest BCUT2D eigenvalue weighted by Crippen LogP contribution is 2.24. The first-order valence-corrected chi connectivity index (χ1v) is 9.18. The molecule has 0 saturated carbocycles. The number of hydrogen-bond donors (Lipinski definition) is 0. The Kier molecular flexibility index (Phi) is 7.03. The van der Waals surface area contributed by atoms with Gasteiger partial charge in [-0.1, -0.05) is 24.3 Å². The van der Waals surface area contributed by atoms with Crippen LogP contribution in [0.15, 0.2) is 48.5 Å². The molecule has 130 valence electrons. The van der Waals surface area contributed by atoms with E-state index in [9.17, 15) is 9.18 Å². The number of amides is 1. The predicted octanol–water partition coefficient (Wildman–Crippen LogP) is 4.70.